The molecule has 1 aromatic carbocycles. The molecule has 1 N–H and O–H groups in total. The van der Waals surface area contributed by atoms with E-state index in [1.54, 1.807) is 6.92 Å². The molecule has 0 amide bonds. The molecule has 128 valence electrons. The molecule has 0 spiro atoms. The van der Waals surface area contributed by atoms with Crippen LogP contribution in [0.5, 0.6) is 0 Å². The lowest BCUT2D eigenvalue weighted by atomic mass is 10.1. The number of likely N-dealkylation sites (tertiary alicyclic amines) is 1. The number of aromatic nitrogens is 4. The topological polar surface area (TPSA) is 66.8 Å². The van der Waals surface area contributed by atoms with Crippen molar-refractivity contribution in [2.75, 3.05) is 13.1 Å². The SMILES string of the molecule is Cc1nc(-c2ccc(CN3CC(n4cccn4)C3)cc2)[nH]c(=O)c1C. The molecule has 1 aliphatic rings. The van der Waals surface area contributed by atoms with Crippen LogP contribution >= 0.6 is 0 Å². The van der Waals surface area contributed by atoms with Gasteiger partial charge in [-0.05, 0) is 25.5 Å². The summed E-state index contributed by atoms with van der Waals surface area (Å²) >= 11 is 0. The van der Waals surface area contributed by atoms with E-state index in [1.807, 2.05) is 42.2 Å². The van der Waals surface area contributed by atoms with Crippen LogP contribution in [0.4, 0.5) is 0 Å². The first kappa shape index (κ1) is 15.8. The van der Waals surface area contributed by atoms with Crippen molar-refractivity contribution >= 4 is 0 Å². The molecule has 0 bridgehead atoms. The smallest absolute Gasteiger partial charge is 0.254 e. The minimum absolute atomic E-state index is 0.0724. The first-order valence-corrected chi connectivity index (χ1v) is 8.48. The predicted molar refractivity (Wildman–Crippen MR) is 96.3 cm³/mol. The minimum atomic E-state index is -0.0724. The Morgan fingerprint density at radius 2 is 1.96 bits per heavy atom. The Balaban J connectivity index is 1.42. The fourth-order valence-corrected chi connectivity index (χ4v) is 3.14. The zero-order valence-corrected chi connectivity index (χ0v) is 14.4. The molecule has 0 aliphatic carbocycles. The summed E-state index contributed by atoms with van der Waals surface area (Å²) in [5.74, 6) is 0.627. The number of aromatic amines is 1. The molecule has 0 saturated carbocycles. The summed E-state index contributed by atoms with van der Waals surface area (Å²) in [4.78, 5) is 21.6. The minimum Gasteiger partial charge on any atom is -0.306 e. The van der Waals surface area contributed by atoms with E-state index in [-0.39, 0.29) is 5.56 Å². The third kappa shape index (κ3) is 3.13. The van der Waals surface area contributed by atoms with E-state index in [9.17, 15) is 4.79 Å². The third-order valence-corrected chi connectivity index (χ3v) is 4.87. The first-order valence-electron chi connectivity index (χ1n) is 8.48. The maximum atomic E-state index is 11.9. The zero-order valence-electron chi connectivity index (χ0n) is 14.4. The van der Waals surface area contributed by atoms with Gasteiger partial charge < -0.3 is 4.98 Å². The number of rotatable bonds is 4. The Labute approximate surface area is 146 Å². The molecule has 0 atom stereocenters. The quantitative estimate of drug-likeness (QED) is 0.794. The molecule has 0 unspecified atom stereocenters. The summed E-state index contributed by atoms with van der Waals surface area (Å²) < 4.78 is 2.03. The van der Waals surface area contributed by atoms with Crippen LogP contribution in [-0.2, 0) is 6.54 Å². The summed E-state index contributed by atoms with van der Waals surface area (Å²) in [5, 5.41) is 4.30. The summed E-state index contributed by atoms with van der Waals surface area (Å²) in [6.07, 6.45) is 3.85. The number of hydrogen-bond donors (Lipinski definition) is 1. The number of nitrogens with one attached hydrogen (secondary N) is 1. The predicted octanol–water partition coefficient (Wildman–Crippen LogP) is 2.31. The van der Waals surface area contributed by atoms with Crippen molar-refractivity contribution in [2.24, 2.45) is 0 Å². The van der Waals surface area contributed by atoms with Crippen molar-refractivity contribution in [2.45, 2.75) is 26.4 Å². The van der Waals surface area contributed by atoms with Crippen molar-refractivity contribution < 1.29 is 0 Å². The number of aryl methyl sites for hydroxylation is 1. The van der Waals surface area contributed by atoms with Gasteiger partial charge in [-0.15, -0.1) is 0 Å². The van der Waals surface area contributed by atoms with Gasteiger partial charge in [-0.3, -0.25) is 14.4 Å². The maximum Gasteiger partial charge on any atom is 0.254 e. The van der Waals surface area contributed by atoms with E-state index < -0.39 is 0 Å². The van der Waals surface area contributed by atoms with Crippen molar-refractivity contribution in [1.29, 1.82) is 0 Å². The van der Waals surface area contributed by atoms with Crippen LogP contribution in [-0.4, -0.2) is 37.7 Å². The monoisotopic (exact) mass is 335 g/mol. The van der Waals surface area contributed by atoms with Gasteiger partial charge >= 0.3 is 0 Å². The Hall–Kier alpha value is -2.73. The third-order valence-electron chi connectivity index (χ3n) is 4.87. The molecule has 1 saturated heterocycles. The maximum absolute atomic E-state index is 11.9. The Morgan fingerprint density at radius 3 is 2.60 bits per heavy atom. The van der Waals surface area contributed by atoms with Crippen LogP contribution in [0.3, 0.4) is 0 Å². The average Bonchev–Trinajstić information content (AvgIpc) is 3.09. The molecule has 3 aromatic rings. The van der Waals surface area contributed by atoms with E-state index in [1.165, 1.54) is 5.56 Å². The first-order chi connectivity index (χ1) is 12.1. The molecular formula is C19H21N5O. The zero-order chi connectivity index (χ0) is 17.4. The fraction of sp³-hybridized carbons (Fsp3) is 0.316. The summed E-state index contributed by atoms with van der Waals surface area (Å²) in [6, 6.07) is 10.7. The normalized spacial score (nSPS) is 15.3. The summed E-state index contributed by atoms with van der Waals surface area (Å²) in [6.45, 7) is 6.62. The number of benzene rings is 1. The molecule has 4 rings (SSSR count). The second-order valence-electron chi connectivity index (χ2n) is 6.66. The lowest BCUT2D eigenvalue weighted by Gasteiger charge is -2.39. The highest BCUT2D eigenvalue weighted by atomic mass is 16.1. The summed E-state index contributed by atoms with van der Waals surface area (Å²) in [7, 11) is 0. The highest BCUT2D eigenvalue weighted by Gasteiger charge is 2.28. The second-order valence-corrected chi connectivity index (χ2v) is 6.66. The van der Waals surface area contributed by atoms with E-state index in [0.29, 0.717) is 17.4 Å². The van der Waals surface area contributed by atoms with Gasteiger partial charge in [-0.2, -0.15) is 5.10 Å². The molecule has 2 aromatic heterocycles. The summed E-state index contributed by atoms with van der Waals surface area (Å²) in [5.41, 5.74) is 3.56. The molecule has 6 heteroatoms. The van der Waals surface area contributed by atoms with Crippen molar-refractivity contribution in [3.05, 3.63) is 69.9 Å². The van der Waals surface area contributed by atoms with Crippen molar-refractivity contribution in [1.82, 2.24) is 24.6 Å². The molecule has 25 heavy (non-hydrogen) atoms. The lowest BCUT2D eigenvalue weighted by Crippen LogP contribution is -2.47. The van der Waals surface area contributed by atoms with Crippen LogP contribution in [0.1, 0.15) is 22.9 Å². The molecule has 1 fully saturated rings. The lowest BCUT2D eigenvalue weighted by molar-refractivity contribution is 0.0909. The van der Waals surface area contributed by atoms with E-state index in [0.717, 1.165) is 30.9 Å². The van der Waals surface area contributed by atoms with Crippen LogP contribution < -0.4 is 5.56 Å². The molecule has 0 radical (unpaired) electrons. The second kappa shape index (κ2) is 6.29. The number of H-pyrrole nitrogens is 1. The highest BCUT2D eigenvalue weighted by Crippen LogP contribution is 2.23. The van der Waals surface area contributed by atoms with E-state index >= 15 is 0 Å². The fourth-order valence-electron chi connectivity index (χ4n) is 3.14. The number of nitrogens with zero attached hydrogens (tertiary/aromatic N) is 4. The average molecular weight is 335 g/mol. The molecule has 3 heterocycles. The van der Waals surface area contributed by atoms with Gasteiger partial charge in [0.1, 0.15) is 5.82 Å². The molecule has 1 aliphatic heterocycles. The Kier molecular flexibility index (Phi) is 3.97. The largest absolute Gasteiger partial charge is 0.306 e. The van der Waals surface area contributed by atoms with Gasteiger partial charge in [0.15, 0.2) is 0 Å². The van der Waals surface area contributed by atoms with Crippen LogP contribution in [0.15, 0.2) is 47.5 Å². The van der Waals surface area contributed by atoms with Gasteiger partial charge in [0, 0.05) is 48.8 Å². The van der Waals surface area contributed by atoms with Crippen molar-refractivity contribution in [3.63, 3.8) is 0 Å². The van der Waals surface area contributed by atoms with Gasteiger partial charge in [-0.1, -0.05) is 24.3 Å². The molecule has 6 nitrogen and oxygen atoms in total. The van der Waals surface area contributed by atoms with Crippen LogP contribution in [0.25, 0.3) is 11.4 Å². The highest BCUT2D eigenvalue weighted by molar-refractivity contribution is 5.55. The van der Waals surface area contributed by atoms with E-state index in [2.05, 4.69) is 32.1 Å². The van der Waals surface area contributed by atoms with Crippen LogP contribution in [0.2, 0.25) is 0 Å². The van der Waals surface area contributed by atoms with E-state index in [4.69, 9.17) is 0 Å². The van der Waals surface area contributed by atoms with Crippen molar-refractivity contribution in [3.8, 4) is 11.4 Å². The standard InChI is InChI=1S/C19H21N5O/c1-13-14(2)21-18(22-19(13)25)16-6-4-15(5-7-16)10-23-11-17(12-23)24-9-3-8-20-24/h3-9,17H,10-12H2,1-2H3,(H,21,22,25). The van der Waals surface area contributed by atoms with Crippen LogP contribution in [0, 0.1) is 13.8 Å². The van der Waals surface area contributed by atoms with Gasteiger partial charge in [0.2, 0.25) is 0 Å². The van der Waals surface area contributed by atoms with Gasteiger partial charge in [-0.25, -0.2) is 4.98 Å². The molecular weight excluding hydrogens is 314 g/mol. The number of hydrogen-bond acceptors (Lipinski definition) is 4. The van der Waals surface area contributed by atoms with Gasteiger partial charge in [0.25, 0.3) is 5.56 Å². The Morgan fingerprint density at radius 1 is 1.20 bits per heavy atom. The van der Waals surface area contributed by atoms with Gasteiger partial charge in [0.05, 0.1) is 6.04 Å². The Bertz CT molecular complexity index is 921.